The van der Waals surface area contributed by atoms with Crippen LogP contribution >= 0.6 is 11.6 Å². The zero-order valence-electron chi connectivity index (χ0n) is 10.4. The Morgan fingerprint density at radius 3 is 2.56 bits per heavy atom. The van der Waals surface area contributed by atoms with Crippen LogP contribution in [0, 0.1) is 0 Å². The molecular formula is C12H17ClN2O3. The van der Waals surface area contributed by atoms with Crippen LogP contribution in [0.2, 0.25) is 5.02 Å². The van der Waals surface area contributed by atoms with Crippen LogP contribution in [0.4, 0.5) is 4.79 Å². The lowest BCUT2D eigenvalue weighted by atomic mass is 10.2. The van der Waals surface area contributed by atoms with Crippen LogP contribution < -0.4 is 10.6 Å². The van der Waals surface area contributed by atoms with E-state index in [0.29, 0.717) is 11.6 Å². The van der Waals surface area contributed by atoms with E-state index in [4.69, 9.17) is 21.1 Å². The van der Waals surface area contributed by atoms with Crippen molar-refractivity contribution in [3.8, 4) is 0 Å². The number of carbonyl (C=O) groups is 1. The predicted octanol–water partition coefficient (Wildman–Crippen LogP) is 1.76. The van der Waals surface area contributed by atoms with Crippen molar-refractivity contribution in [2.45, 2.75) is 12.8 Å². The number of hydrogen-bond acceptors (Lipinski definition) is 3. The van der Waals surface area contributed by atoms with Gasteiger partial charge in [0.1, 0.15) is 0 Å². The fourth-order valence-corrected chi connectivity index (χ4v) is 1.52. The maximum atomic E-state index is 11.5. The highest BCUT2D eigenvalue weighted by Gasteiger charge is 2.07. The van der Waals surface area contributed by atoms with Crippen LogP contribution in [0.25, 0.3) is 0 Å². The van der Waals surface area contributed by atoms with Gasteiger partial charge in [0.05, 0.1) is 6.54 Å². The molecule has 0 spiro atoms. The van der Waals surface area contributed by atoms with Crippen molar-refractivity contribution in [3.05, 3.63) is 34.9 Å². The van der Waals surface area contributed by atoms with Crippen LogP contribution in [0.3, 0.4) is 0 Å². The maximum Gasteiger partial charge on any atom is 0.315 e. The first-order chi connectivity index (χ1) is 8.67. The van der Waals surface area contributed by atoms with Gasteiger partial charge in [0.25, 0.3) is 0 Å². The second-order valence-electron chi connectivity index (χ2n) is 3.56. The number of rotatable bonds is 6. The third-order valence-electron chi connectivity index (χ3n) is 2.35. The molecule has 1 aromatic rings. The molecule has 0 fully saturated rings. The molecule has 0 heterocycles. The highest BCUT2D eigenvalue weighted by Crippen LogP contribution is 2.13. The van der Waals surface area contributed by atoms with Crippen molar-refractivity contribution >= 4 is 17.6 Å². The largest absolute Gasteiger partial charge is 0.354 e. The van der Waals surface area contributed by atoms with E-state index in [9.17, 15) is 4.79 Å². The number of halogens is 1. The van der Waals surface area contributed by atoms with Gasteiger partial charge in [-0.2, -0.15) is 0 Å². The van der Waals surface area contributed by atoms with Crippen LogP contribution in [0.5, 0.6) is 0 Å². The lowest BCUT2D eigenvalue weighted by Gasteiger charge is -2.14. The third-order valence-corrected chi connectivity index (χ3v) is 2.72. The minimum Gasteiger partial charge on any atom is -0.354 e. The van der Waals surface area contributed by atoms with Gasteiger partial charge in [0.15, 0.2) is 6.29 Å². The zero-order chi connectivity index (χ0) is 13.4. The quantitative estimate of drug-likeness (QED) is 0.776. The highest BCUT2D eigenvalue weighted by molar-refractivity contribution is 6.31. The second-order valence-corrected chi connectivity index (χ2v) is 3.96. The van der Waals surface area contributed by atoms with E-state index in [1.807, 2.05) is 18.2 Å². The first kappa shape index (κ1) is 14.8. The van der Waals surface area contributed by atoms with Gasteiger partial charge in [-0.25, -0.2) is 4.79 Å². The Morgan fingerprint density at radius 1 is 1.28 bits per heavy atom. The molecule has 5 nitrogen and oxygen atoms in total. The molecule has 2 amide bonds. The number of benzene rings is 1. The van der Waals surface area contributed by atoms with Crippen molar-refractivity contribution in [2.75, 3.05) is 20.8 Å². The van der Waals surface area contributed by atoms with Gasteiger partial charge >= 0.3 is 6.03 Å². The first-order valence-electron chi connectivity index (χ1n) is 5.48. The standard InChI is InChI=1S/C12H17ClN2O3/c1-17-11(18-2)8-15-12(16)14-7-9-5-3-4-6-10(9)13/h3-6,11H,7-8H2,1-2H3,(H2,14,15,16). The topological polar surface area (TPSA) is 59.6 Å². The summed E-state index contributed by atoms with van der Waals surface area (Å²) in [5, 5.41) is 5.96. The van der Waals surface area contributed by atoms with E-state index in [1.165, 1.54) is 14.2 Å². The summed E-state index contributed by atoms with van der Waals surface area (Å²) in [6.07, 6.45) is -0.448. The number of carbonyl (C=O) groups excluding carboxylic acids is 1. The number of ether oxygens (including phenoxy) is 2. The minimum atomic E-state index is -0.448. The average molecular weight is 273 g/mol. The fourth-order valence-electron chi connectivity index (χ4n) is 1.32. The molecule has 100 valence electrons. The highest BCUT2D eigenvalue weighted by atomic mass is 35.5. The molecule has 2 N–H and O–H groups in total. The molecule has 0 unspecified atom stereocenters. The lowest BCUT2D eigenvalue weighted by Crippen LogP contribution is -2.40. The summed E-state index contributed by atoms with van der Waals surface area (Å²) in [5.41, 5.74) is 0.865. The Bertz CT molecular complexity index is 383. The molecule has 6 heteroatoms. The van der Waals surface area contributed by atoms with E-state index in [2.05, 4.69) is 10.6 Å². The molecule has 0 aliphatic rings. The normalized spacial score (nSPS) is 10.4. The summed E-state index contributed by atoms with van der Waals surface area (Å²) in [6, 6.07) is 7.05. The Morgan fingerprint density at radius 2 is 1.94 bits per heavy atom. The first-order valence-corrected chi connectivity index (χ1v) is 5.86. The van der Waals surface area contributed by atoms with Gasteiger partial charge in [-0.15, -0.1) is 0 Å². The molecular weight excluding hydrogens is 256 g/mol. The molecule has 1 rings (SSSR count). The van der Waals surface area contributed by atoms with E-state index in [-0.39, 0.29) is 12.6 Å². The van der Waals surface area contributed by atoms with Gasteiger partial charge in [-0.1, -0.05) is 29.8 Å². The van der Waals surface area contributed by atoms with Gasteiger partial charge in [0, 0.05) is 25.8 Å². The number of urea groups is 1. The second kappa shape index (κ2) is 7.92. The summed E-state index contributed by atoms with van der Waals surface area (Å²) >= 11 is 5.97. The van der Waals surface area contributed by atoms with Crippen molar-refractivity contribution in [1.29, 1.82) is 0 Å². The number of amides is 2. The summed E-state index contributed by atoms with van der Waals surface area (Å²) in [6.45, 7) is 0.650. The molecule has 0 saturated carbocycles. The minimum absolute atomic E-state index is 0.279. The van der Waals surface area contributed by atoms with Crippen molar-refractivity contribution in [2.24, 2.45) is 0 Å². The Labute approximate surface area is 111 Å². The van der Waals surface area contributed by atoms with Crippen LogP contribution in [-0.2, 0) is 16.0 Å². The number of hydrogen-bond donors (Lipinski definition) is 2. The number of nitrogens with one attached hydrogen (secondary N) is 2. The molecule has 0 saturated heterocycles. The van der Waals surface area contributed by atoms with Gasteiger partial charge in [-0.05, 0) is 11.6 Å². The zero-order valence-corrected chi connectivity index (χ0v) is 11.2. The van der Waals surface area contributed by atoms with E-state index >= 15 is 0 Å². The summed E-state index contributed by atoms with van der Waals surface area (Å²) in [7, 11) is 3.02. The monoisotopic (exact) mass is 272 g/mol. The van der Waals surface area contributed by atoms with Crippen molar-refractivity contribution in [3.63, 3.8) is 0 Å². The van der Waals surface area contributed by atoms with Crippen LogP contribution in [0.15, 0.2) is 24.3 Å². The summed E-state index contributed by atoms with van der Waals surface area (Å²) in [5.74, 6) is 0. The van der Waals surface area contributed by atoms with Crippen LogP contribution in [0.1, 0.15) is 5.56 Å². The summed E-state index contributed by atoms with van der Waals surface area (Å²) in [4.78, 5) is 11.5. The van der Waals surface area contributed by atoms with Crippen molar-refractivity contribution < 1.29 is 14.3 Å². The lowest BCUT2D eigenvalue weighted by molar-refractivity contribution is -0.0971. The van der Waals surface area contributed by atoms with Crippen LogP contribution in [-0.4, -0.2) is 33.1 Å². The van der Waals surface area contributed by atoms with E-state index in [0.717, 1.165) is 5.56 Å². The molecule has 0 bridgehead atoms. The predicted molar refractivity (Wildman–Crippen MR) is 69.5 cm³/mol. The average Bonchev–Trinajstić information content (AvgIpc) is 2.39. The van der Waals surface area contributed by atoms with Gasteiger partial charge in [-0.3, -0.25) is 0 Å². The molecule has 0 aliphatic carbocycles. The van der Waals surface area contributed by atoms with E-state index in [1.54, 1.807) is 6.07 Å². The maximum absolute atomic E-state index is 11.5. The summed E-state index contributed by atoms with van der Waals surface area (Å²) < 4.78 is 9.89. The molecule has 0 atom stereocenters. The van der Waals surface area contributed by atoms with E-state index < -0.39 is 6.29 Å². The smallest absolute Gasteiger partial charge is 0.315 e. The third kappa shape index (κ3) is 4.91. The van der Waals surface area contributed by atoms with Gasteiger partial charge in [0.2, 0.25) is 0 Å². The molecule has 0 aromatic heterocycles. The van der Waals surface area contributed by atoms with Gasteiger partial charge < -0.3 is 20.1 Å². The molecule has 18 heavy (non-hydrogen) atoms. The molecule has 1 aromatic carbocycles. The fraction of sp³-hybridized carbons (Fsp3) is 0.417. The Balaban J connectivity index is 2.31. The number of methoxy groups -OCH3 is 2. The molecule has 0 radical (unpaired) electrons. The van der Waals surface area contributed by atoms with Crippen molar-refractivity contribution in [1.82, 2.24) is 10.6 Å². The Kier molecular flexibility index (Phi) is 6.49. The SMILES string of the molecule is COC(CNC(=O)NCc1ccccc1Cl)OC. The Hall–Kier alpha value is -1.30. The molecule has 0 aliphatic heterocycles.